The van der Waals surface area contributed by atoms with Gasteiger partial charge in [-0.3, -0.25) is 0 Å². The number of hydrogen-bond donors (Lipinski definition) is 4. The summed E-state index contributed by atoms with van der Waals surface area (Å²) in [6.07, 6.45) is -3.90. The number of ether oxygens (including phenoxy) is 1. The van der Waals surface area contributed by atoms with Crippen LogP contribution in [-0.4, -0.2) is 51.1 Å². The average molecular weight is 165 g/mol. The molecule has 0 amide bonds. The standard InChI is InChI=1S/C6H12O5/c1-6(10)5(9)4(8)3(2-7)11-6/h3-5,7-10H,2H2,1H3/t3-,4-,5-,6?/m1/s1/i1D. The largest absolute Gasteiger partial charge is 0.394 e. The minimum Gasteiger partial charge on any atom is -0.394 e. The van der Waals surface area contributed by atoms with Gasteiger partial charge in [-0.05, 0) is 6.90 Å². The van der Waals surface area contributed by atoms with Gasteiger partial charge in [0.15, 0.2) is 5.79 Å². The molecular weight excluding hydrogens is 152 g/mol. The van der Waals surface area contributed by atoms with Crippen molar-refractivity contribution in [2.24, 2.45) is 0 Å². The second-order valence-corrected chi connectivity index (χ2v) is 2.62. The minimum atomic E-state index is -2.05. The summed E-state index contributed by atoms with van der Waals surface area (Å²) in [6, 6.07) is 0. The van der Waals surface area contributed by atoms with Gasteiger partial charge in [0.2, 0.25) is 0 Å². The lowest BCUT2D eigenvalue weighted by Gasteiger charge is -2.19. The van der Waals surface area contributed by atoms with E-state index < -0.39 is 37.6 Å². The zero-order valence-corrected chi connectivity index (χ0v) is 5.84. The fraction of sp³-hybridized carbons (Fsp3) is 1.00. The van der Waals surface area contributed by atoms with Gasteiger partial charge in [-0.25, -0.2) is 0 Å². The molecule has 0 bridgehead atoms. The van der Waals surface area contributed by atoms with Gasteiger partial charge >= 0.3 is 0 Å². The Hall–Kier alpha value is -0.200. The van der Waals surface area contributed by atoms with E-state index in [4.69, 9.17) is 16.7 Å². The molecule has 5 heteroatoms. The van der Waals surface area contributed by atoms with Gasteiger partial charge in [-0.1, -0.05) is 0 Å². The molecule has 0 aromatic rings. The van der Waals surface area contributed by atoms with E-state index in [9.17, 15) is 5.11 Å². The molecule has 0 aromatic carbocycles. The maximum atomic E-state index is 9.31. The Bertz CT molecular complexity index is 166. The van der Waals surface area contributed by atoms with Crippen LogP contribution in [-0.2, 0) is 4.74 Å². The SMILES string of the molecule is [2H]CC1(O)O[C@H](CO)[C@@H](O)[C@H]1O. The minimum absolute atomic E-state index is 0.499. The number of aliphatic hydroxyl groups is 4. The third kappa shape index (κ3) is 1.38. The normalized spacial score (nSPS) is 52.7. The van der Waals surface area contributed by atoms with Crippen molar-refractivity contribution in [3.8, 4) is 0 Å². The van der Waals surface area contributed by atoms with E-state index in [-0.39, 0.29) is 0 Å². The molecule has 1 saturated heterocycles. The average Bonchev–Trinajstić information content (AvgIpc) is 2.31. The molecule has 1 fully saturated rings. The van der Waals surface area contributed by atoms with Crippen LogP contribution < -0.4 is 0 Å². The van der Waals surface area contributed by atoms with Crippen molar-refractivity contribution in [1.29, 1.82) is 0 Å². The molecule has 0 aliphatic carbocycles. The van der Waals surface area contributed by atoms with Crippen molar-refractivity contribution >= 4 is 0 Å². The van der Waals surface area contributed by atoms with Gasteiger partial charge in [0.1, 0.15) is 18.3 Å². The summed E-state index contributed by atoms with van der Waals surface area (Å²) in [5.41, 5.74) is 0. The molecule has 0 saturated carbocycles. The highest BCUT2D eigenvalue weighted by molar-refractivity contribution is 4.92. The van der Waals surface area contributed by atoms with Crippen LogP contribution in [0.1, 0.15) is 8.27 Å². The summed E-state index contributed by atoms with van der Waals surface area (Å²) < 4.78 is 11.5. The van der Waals surface area contributed by atoms with Gasteiger partial charge in [-0.15, -0.1) is 0 Å². The first kappa shape index (κ1) is 7.45. The molecule has 1 rings (SSSR count). The summed E-state index contributed by atoms with van der Waals surface area (Å²) >= 11 is 0. The van der Waals surface area contributed by atoms with E-state index in [1.807, 2.05) is 0 Å². The second-order valence-electron chi connectivity index (χ2n) is 2.62. The summed E-state index contributed by atoms with van der Waals surface area (Å²) in [7, 11) is 0. The lowest BCUT2D eigenvalue weighted by Crippen LogP contribution is -2.40. The van der Waals surface area contributed by atoms with Crippen LogP contribution in [0.2, 0.25) is 0 Å². The van der Waals surface area contributed by atoms with Crippen molar-refractivity contribution in [1.82, 2.24) is 0 Å². The number of rotatable bonds is 1. The molecule has 11 heavy (non-hydrogen) atoms. The smallest absolute Gasteiger partial charge is 0.192 e. The van der Waals surface area contributed by atoms with E-state index in [0.717, 1.165) is 0 Å². The number of aliphatic hydroxyl groups excluding tert-OH is 3. The second kappa shape index (κ2) is 2.69. The van der Waals surface area contributed by atoms with E-state index >= 15 is 0 Å². The zero-order chi connectivity index (χ0) is 9.35. The Morgan fingerprint density at radius 2 is 2.27 bits per heavy atom. The highest BCUT2D eigenvalue weighted by Gasteiger charge is 2.49. The van der Waals surface area contributed by atoms with Crippen molar-refractivity contribution < 1.29 is 26.5 Å². The molecule has 1 aliphatic rings. The molecule has 4 N–H and O–H groups in total. The Balaban J connectivity index is 2.72. The van der Waals surface area contributed by atoms with Gasteiger partial charge in [0.25, 0.3) is 0 Å². The first-order valence-corrected chi connectivity index (χ1v) is 3.21. The Morgan fingerprint density at radius 3 is 2.55 bits per heavy atom. The predicted octanol–water partition coefficient (Wildman–Crippen LogP) is -2.19. The topological polar surface area (TPSA) is 90.2 Å². The van der Waals surface area contributed by atoms with E-state index in [1.165, 1.54) is 0 Å². The third-order valence-corrected chi connectivity index (χ3v) is 1.70. The summed E-state index contributed by atoms with van der Waals surface area (Å²) in [6.45, 7) is -1.08. The van der Waals surface area contributed by atoms with E-state index in [1.54, 1.807) is 0 Å². The van der Waals surface area contributed by atoms with Crippen molar-refractivity contribution in [3.05, 3.63) is 0 Å². The summed E-state index contributed by atoms with van der Waals surface area (Å²) in [4.78, 5) is 0. The van der Waals surface area contributed by atoms with Crippen molar-refractivity contribution in [2.45, 2.75) is 31.0 Å². The van der Waals surface area contributed by atoms with Gasteiger partial charge in [0.05, 0.1) is 6.61 Å². The van der Waals surface area contributed by atoms with E-state index in [0.29, 0.717) is 0 Å². The third-order valence-electron chi connectivity index (χ3n) is 1.70. The van der Waals surface area contributed by atoms with Crippen LogP contribution in [0.25, 0.3) is 0 Å². The summed E-state index contributed by atoms with van der Waals surface area (Å²) in [5, 5.41) is 36.2. The van der Waals surface area contributed by atoms with Crippen LogP contribution in [0.4, 0.5) is 0 Å². The summed E-state index contributed by atoms with van der Waals surface area (Å²) in [5.74, 6) is -2.05. The Labute approximate surface area is 65.3 Å². The molecule has 0 spiro atoms. The number of hydrogen-bond acceptors (Lipinski definition) is 5. The molecule has 1 unspecified atom stereocenters. The van der Waals surface area contributed by atoms with Crippen molar-refractivity contribution in [2.75, 3.05) is 6.61 Å². The lowest BCUT2D eigenvalue weighted by molar-refractivity contribution is -0.217. The lowest BCUT2D eigenvalue weighted by atomic mass is 10.1. The quantitative estimate of drug-likeness (QED) is 0.354. The predicted molar refractivity (Wildman–Crippen MR) is 34.6 cm³/mol. The molecular formula is C6H12O5. The molecule has 0 aromatic heterocycles. The van der Waals surface area contributed by atoms with Crippen LogP contribution in [0.15, 0.2) is 0 Å². The molecule has 1 aliphatic heterocycles. The molecule has 4 atom stereocenters. The Morgan fingerprint density at radius 1 is 1.64 bits per heavy atom. The van der Waals surface area contributed by atoms with Crippen molar-refractivity contribution in [3.63, 3.8) is 0 Å². The molecule has 0 radical (unpaired) electrons. The fourth-order valence-electron chi connectivity index (χ4n) is 1.02. The first-order valence-electron chi connectivity index (χ1n) is 3.92. The van der Waals surface area contributed by atoms with Gasteiger partial charge in [0, 0.05) is 1.37 Å². The first-order chi connectivity index (χ1) is 5.55. The monoisotopic (exact) mass is 165 g/mol. The maximum Gasteiger partial charge on any atom is 0.192 e. The van der Waals surface area contributed by atoms with Gasteiger partial charge in [-0.2, -0.15) is 0 Å². The zero-order valence-electron chi connectivity index (χ0n) is 6.84. The van der Waals surface area contributed by atoms with E-state index in [2.05, 4.69) is 4.74 Å². The van der Waals surface area contributed by atoms with Crippen LogP contribution >= 0.6 is 0 Å². The Kier molecular flexibility index (Phi) is 1.82. The van der Waals surface area contributed by atoms with Gasteiger partial charge < -0.3 is 25.2 Å². The highest BCUT2D eigenvalue weighted by atomic mass is 16.7. The molecule has 66 valence electrons. The van der Waals surface area contributed by atoms with Crippen LogP contribution in [0.5, 0.6) is 0 Å². The fourth-order valence-corrected chi connectivity index (χ4v) is 1.02. The highest BCUT2D eigenvalue weighted by Crippen LogP contribution is 2.27. The molecule has 5 nitrogen and oxygen atoms in total. The van der Waals surface area contributed by atoms with Crippen LogP contribution in [0, 0.1) is 0 Å². The maximum absolute atomic E-state index is 9.31. The van der Waals surface area contributed by atoms with Crippen LogP contribution in [0.3, 0.4) is 0 Å². The molecule has 1 heterocycles.